The maximum Gasteiger partial charge on any atom is 0.299 e. The highest BCUT2D eigenvalue weighted by molar-refractivity contribution is 5.95. The lowest BCUT2D eigenvalue weighted by atomic mass is 10.1. The van der Waals surface area contributed by atoms with Crippen LogP contribution in [0, 0.1) is 12.7 Å². The van der Waals surface area contributed by atoms with Gasteiger partial charge in [-0.2, -0.15) is 9.78 Å². The molecule has 41 heavy (non-hydrogen) atoms. The predicted molar refractivity (Wildman–Crippen MR) is 155 cm³/mol. The maximum absolute atomic E-state index is 13.7. The topological polar surface area (TPSA) is 94.5 Å². The van der Waals surface area contributed by atoms with Gasteiger partial charge in [0.1, 0.15) is 17.3 Å². The first kappa shape index (κ1) is 27.1. The predicted octanol–water partition coefficient (Wildman–Crippen LogP) is 6.15. The fourth-order valence-electron chi connectivity index (χ4n) is 4.04. The van der Waals surface area contributed by atoms with Crippen molar-refractivity contribution < 1.29 is 18.7 Å². The van der Waals surface area contributed by atoms with Gasteiger partial charge in [-0.05, 0) is 79.2 Å². The molecular formula is C32H27FN4O4. The summed E-state index contributed by atoms with van der Waals surface area (Å²) in [6.07, 6.45) is 1.47. The van der Waals surface area contributed by atoms with E-state index in [1.165, 1.54) is 23.0 Å². The second kappa shape index (κ2) is 12.2. The summed E-state index contributed by atoms with van der Waals surface area (Å²) < 4.78 is 25.7. The Morgan fingerprint density at radius 1 is 0.927 bits per heavy atom. The second-order valence-electron chi connectivity index (χ2n) is 9.23. The van der Waals surface area contributed by atoms with E-state index >= 15 is 0 Å². The van der Waals surface area contributed by atoms with Gasteiger partial charge in [-0.15, -0.1) is 0 Å². The van der Waals surface area contributed by atoms with Crippen LogP contribution in [0.2, 0.25) is 0 Å². The highest BCUT2D eigenvalue weighted by atomic mass is 19.1. The molecule has 0 spiro atoms. The van der Waals surface area contributed by atoms with Crippen LogP contribution in [0.1, 0.15) is 21.5 Å². The van der Waals surface area contributed by atoms with Crippen LogP contribution >= 0.6 is 0 Å². The Bertz CT molecular complexity index is 1720. The van der Waals surface area contributed by atoms with Crippen molar-refractivity contribution in [2.75, 3.05) is 12.4 Å². The van der Waals surface area contributed by atoms with Crippen LogP contribution in [0.15, 0.2) is 108 Å². The number of ether oxygens (including phenoxy) is 2. The van der Waals surface area contributed by atoms with Crippen molar-refractivity contribution in [3.8, 4) is 22.9 Å². The normalized spacial score (nSPS) is 10.6. The van der Waals surface area contributed by atoms with Crippen molar-refractivity contribution in [1.29, 1.82) is 0 Å². The second-order valence-corrected chi connectivity index (χ2v) is 9.23. The summed E-state index contributed by atoms with van der Waals surface area (Å²) in [6.45, 7) is 2.20. The van der Waals surface area contributed by atoms with E-state index in [4.69, 9.17) is 9.47 Å². The molecule has 0 aliphatic heterocycles. The number of hydrogen-bond acceptors (Lipinski definition) is 6. The lowest BCUT2D eigenvalue weighted by Gasteiger charge is -2.15. The van der Waals surface area contributed by atoms with E-state index in [1.807, 2.05) is 31.2 Å². The van der Waals surface area contributed by atoms with Gasteiger partial charge in [0.05, 0.1) is 19.0 Å². The number of nitrogens with one attached hydrogen (secondary N) is 2. The lowest BCUT2D eigenvalue weighted by Crippen LogP contribution is -2.24. The first-order valence-electron chi connectivity index (χ1n) is 12.8. The van der Waals surface area contributed by atoms with Gasteiger partial charge in [0.25, 0.3) is 11.5 Å². The third-order valence-corrected chi connectivity index (χ3v) is 6.27. The molecular weight excluding hydrogens is 523 g/mol. The average Bonchev–Trinajstić information content (AvgIpc) is 3.00. The van der Waals surface area contributed by atoms with Crippen LogP contribution in [0.3, 0.4) is 0 Å². The number of methoxy groups -OCH3 is 1. The number of benzene rings is 4. The molecule has 9 heteroatoms. The molecule has 1 heterocycles. The number of rotatable bonds is 9. The summed E-state index contributed by atoms with van der Waals surface area (Å²) in [7, 11) is 1.57. The Balaban J connectivity index is 1.44. The standard InChI is InChI=1S/C32H27FN4O4/c1-21-6-12-26(13-7-21)37-32(39)30(29(20-35-37)41-28-16-14-27(40-2)15-17-28)36-25-5-3-4-23(18-25)31(38)34-19-22-8-10-24(33)11-9-22/h3-18,20,36H,19H2,1-2H3,(H,34,38). The minimum atomic E-state index is -0.439. The van der Waals surface area contributed by atoms with Gasteiger partial charge in [0.15, 0.2) is 11.4 Å². The monoisotopic (exact) mass is 550 g/mol. The number of carbonyl (C=O) groups excluding carboxylic acids is 1. The summed E-state index contributed by atoms with van der Waals surface area (Å²) in [6, 6.07) is 27.0. The van der Waals surface area contributed by atoms with E-state index in [1.54, 1.807) is 67.8 Å². The minimum absolute atomic E-state index is 0.139. The molecule has 206 valence electrons. The molecule has 0 aliphatic rings. The zero-order chi connectivity index (χ0) is 28.8. The molecule has 0 saturated heterocycles. The number of hydrogen-bond donors (Lipinski definition) is 2. The first-order valence-corrected chi connectivity index (χ1v) is 12.8. The average molecular weight is 551 g/mol. The van der Waals surface area contributed by atoms with Crippen molar-refractivity contribution in [2.45, 2.75) is 13.5 Å². The molecule has 0 aliphatic carbocycles. The summed E-state index contributed by atoms with van der Waals surface area (Å²) in [4.78, 5) is 26.6. The Morgan fingerprint density at radius 2 is 1.63 bits per heavy atom. The van der Waals surface area contributed by atoms with E-state index in [2.05, 4.69) is 15.7 Å². The largest absolute Gasteiger partial charge is 0.497 e. The molecule has 5 rings (SSSR count). The number of carbonyl (C=O) groups is 1. The molecule has 0 radical (unpaired) electrons. The quantitative estimate of drug-likeness (QED) is 0.229. The minimum Gasteiger partial charge on any atom is -0.497 e. The fourth-order valence-corrected chi connectivity index (χ4v) is 4.04. The molecule has 2 N–H and O–H groups in total. The van der Waals surface area contributed by atoms with Crippen molar-refractivity contribution in [3.05, 3.63) is 136 Å². The van der Waals surface area contributed by atoms with Crippen LogP contribution in [-0.2, 0) is 6.54 Å². The number of aryl methyl sites for hydroxylation is 1. The van der Waals surface area contributed by atoms with Crippen molar-refractivity contribution >= 4 is 17.3 Å². The third-order valence-electron chi connectivity index (χ3n) is 6.27. The molecule has 0 fully saturated rings. The van der Waals surface area contributed by atoms with Crippen molar-refractivity contribution in [1.82, 2.24) is 15.1 Å². The summed E-state index contributed by atoms with van der Waals surface area (Å²) in [5.74, 6) is 0.691. The first-order chi connectivity index (χ1) is 19.9. The number of halogens is 1. The Labute approximate surface area is 236 Å². The van der Waals surface area contributed by atoms with Crippen LogP contribution < -0.4 is 25.7 Å². The van der Waals surface area contributed by atoms with E-state index in [0.29, 0.717) is 28.4 Å². The summed E-state index contributed by atoms with van der Waals surface area (Å²) in [5, 5.41) is 10.3. The van der Waals surface area contributed by atoms with Gasteiger partial charge >= 0.3 is 0 Å². The Kier molecular flexibility index (Phi) is 8.05. The summed E-state index contributed by atoms with van der Waals surface area (Å²) >= 11 is 0. The van der Waals surface area contributed by atoms with Gasteiger partial charge < -0.3 is 20.1 Å². The molecule has 5 aromatic rings. The van der Waals surface area contributed by atoms with E-state index < -0.39 is 5.56 Å². The van der Waals surface area contributed by atoms with Crippen LogP contribution in [0.25, 0.3) is 5.69 Å². The maximum atomic E-state index is 13.7. The fraction of sp³-hybridized carbons (Fsp3) is 0.0938. The van der Waals surface area contributed by atoms with Gasteiger partial charge in [-0.3, -0.25) is 9.59 Å². The van der Waals surface area contributed by atoms with Crippen LogP contribution in [0.4, 0.5) is 15.8 Å². The number of amides is 1. The van der Waals surface area contributed by atoms with Gasteiger partial charge in [-0.1, -0.05) is 35.9 Å². The van der Waals surface area contributed by atoms with E-state index in [-0.39, 0.29) is 29.7 Å². The molecule has 1 amide bonds. The highest BCUT2D eigenvalue weighted by Crippen LogP contribution is 2.30. The highest BCUT2D eigenvalue weighted by Gasteiger charge is 2.16. The number of anilines is 2. The molecule has 4 aromatic carbocycles. The lowest BCUT2D eigenvalue weighted by molar-refractivity contribution is 0.0951. The Hall–Kier alpha value is -5.44. The molecule has 0 unspecified atom stereocenters. The van der Waals surface area contributed by atoms with Gasteiger partial charge in [0.2, 0.25) is 0 Å². The Morgan fingerprint density at radius 3 is 2.34 bits per heavy atom. The summed E-state index contributed by atoms with van der Waals surface area (Å²) in [5.41, 5.74) is 2.98. The van der Waals surface area contributed by atoms with Crippen molar-refractivity contribution in [2.24, 2.45) is 0 Å². The van der Waals surface area contributed by atoms with Crippen molar-refractivity contribution in [3.63, 3.8) is 0 Å². The van der Waals surface area contributed by atoms with E-state index in [0.717, 1.165) is 11.1 Å². The molecule has 1 aromatic heterocycles. The third kappa shape index (κ3) is 6.59. The van der Waals surface area contributed by atoms with E-state index in [9.17, 15) is 14.0 Å². The molecule has 0 atom stereocenters. The zero-order valence-corrected chi connectivity index (χ0v) is 22.4. The molecule has 0 saturated carbocycles. The molecule has 0 bridgehead atoms. The van der Waals surface area contributed by atoms with Gasteiger partial charge in [0, 0.05) is 17.8 Å². The zero-order valence-electron chi connectivity index (χ0n) is 22.4. The van der Waals surface area contributed by atoms with Crippen LogP contribution in [0.5, 0.6) is 17.2 Å². The number of aromatic nitrogens is 2. The molecule has 8 nitrogen and oxygen atoms in total. The smallest absolute Gasteiger partial charge is 0.299 e. The number of nitrogens with zero attached hydrogens (tertiary/aromatic N) is 2. The van der Waals surface area contributed by atoms with Gasteiger partial charge in [-0.25, -0.2) is 4.39 Å². The van der Waals surface area contributed by atoms with Crippen LogP contribution in [-0.4, -0.2) is 22.8 Å². The SMILES string of the molecule is COc1ccc(Oc2cnn(-c3ccc(C)cc3)c(=O)c2Nc2cccc(C(=O)NCc3ccc(F)cc3)c2)cc1.